The Morgan fingerprint density at radius 2 is 2.00 bits per heavy atom. The number of piperazine rings is 1. The van der Waals surface area contributed by atoms with Gasteiger partial charge >= 0.3 is 0 Å². The molecule has 1 N–H and O–H groups in total. The quantitative estimate of drug-likeness (QED) is 0.719. The minimum Gasteiger partial charge on any atom is -0.318 e. The zero-order valence-electron chi connectivity index (χ0n) is 10.2. The summed E-state index contributed by atoms with van der Waals surface area (Å²) in [5.41, 5.74) is 0. The van der Waals surface area contributed by atoms with Gasteiger partial charge in [0.2, 0.25) is 0 Å². The molecule has 1 rings (SSSR count). The molecular weight excluding hydrogens is 174 g/mol. The average Bonchev–Trinajstić information content (AvgIpc) is 2.11. The Labute approximate surface area is 88.5 Å². The van der Waals surface area contributed by atoms with Crippen LogP contribution in [0.2, 0.25) is 0 Å². The van der Waals surface area contributed by atoms with Crippen molar-refractivity contribution in [3.63, 3.8) is 0 Å². The van der Waals surface area contributed by atoms with Gasteiger partial charge in [-0.3, -0.25) is 4.90 Å². The third kappa shape index (κ3) is 2.69. The molecule has 0 aromatic carbocycles. The molecule has 0 amide bonds. The Balaban J connectivity index is 2.60. The van der Waals surface area contributed by atoms with Gasteiger partial charge in [0.15, 0.2) is 0 Å². The minimum absolute atomic E-state index is 0.657. The highest BCUT2D eigenvalue weighted by Crippen LogP contribution is 2.15. The van der Waals surface area contributed by atoms with Crippen LogP contribution in [0, 0.1) is 0 Å². The van der Waals surface area contributed by atoms with Gasteiger partial charge in [0.05, 0.1) is 0 Å². The summed E-state index contributed by atoms with van der Waals surface area (Å²) in [6.45, 7) is 10.4. The Morgan fingerprint density at radius 1 is 1.36 bits per heavy atom. The van der Waals surface area contributed by atoms with Gasteiger partial charge in [-0.15, -0.1) is 0 Å². The number of rotatable bonds is 3. The van der Waals surface area contributed by atoms with Crippen LogP contribution in [0.4, 0.5) is 0 Å². The van der Waals surface area contributed by atoms with E-state index in [9.17, 15) is 0 Å². The molecule has 1 fully saturated rings. The molecule has 0 aromatic rings. The fourth-order valence-corrected chi connectivity index (χ4v) is 2.26. The molecule has 1 heterocycles. The SMILES string of the molecule is CNCC1CN(C)C(C)CN1C(C)C. The first-order chi connectivity index (χ1) is 6.56. The van der Waals surface area contributed by atoms with Crippen molar-refractivity contribution in [2.45, 2.75) is 38.9 Å². The largest absolute Gasteiger partial charge is 0.318 e. The summed E-state index contributed by atoms with van der Waals surface area (Å²) in [4.78, 5) is 5.07. The van der Waals surface area contributed by atoms with Crippen molar-refractivity contribution in [3.05, 3.63) is 0 Å². The Hall–Kier alpha value is -0.120. The van der Waals surface area contributed by atoms with Gasteiger partial charge in [0.1, 0.15) is 0 Å². The van der Waals surface area contributed by atoms with Crippen LogP contribution in [0.3, 0.4) is 0 Å². The lowest BCUT2D eigenvalue weighted by atomic mass is 10.1. The molecule has 0 spiro atoms. The molecule has 3 heteroatoms. The summed E-state index contributed by atoms with van der Waals surface area (Å²) in [6, 6.07) is 2.01. The Bertz CT molecular complexity index is 170. The van der Waals surface area contributed by atoms with E-state index in [0.29, 0.717) is 18.1 Å². The van der Waals surface area contributed by atoms with E-state index in [4.69, 9.17) is 0 Å². The molecule has 2 unspecified atom stereocenters. The summed E-state index contributed by atoms with van der Waals surface area (Å²) in [5, 5.41) is 3.29. The Kier molecular flexibility index (Phi) is 4.35. The molecule has 0 aliphatic carbocycles. The lowest BCUT2D eigenvalue weighted by Crippen LogP contribution is -2.60. The van der Waals surface area contributed by atoms with Gasteiger partial charge in [-0.05, 0) is 34.9 Å². The molecule has 3 nitrogen and oxygen atoms in total. The van der Waals surface area contributed by atoms with E-state index < -0.39 is 0 Å². The van der Waals surface area contributed by atoms with Crippen LogP contribution < -0.4 is 5.32 Å². The van der Waals surface area contributed by atoms with Gasteiger partial charge in [-0.2, -0.15) is 0 Å². The molecule has 0 radical (unpaired) electrons. The Morgan fingerprint density at radius 3 is 2.50 bits per heavy atom. The number of likely N-dealkylation sites (N-methyl/N-ethyl adjacent to an activating group) is 2. The van der Waals surface area contributed by atoms with Gasteiger partial charge < -0.3 is 10.2 Å². The second-order valence-electron chi connectivity index (χ2n) is 4.79. The molecule has 1 aliphatic rings. The second kappa shape index (κ2) is 5.10. The van der Waals surface area contributed by atoms with Crippen LogP contribution in [0.25, 0.3) is 0 Å². The first kappa shape index (κ1) is 12.0. The molecule has 0 aromatic heterocycles. The van der Waals surface area contributed by atoms with Crippen LogP contribution in [-0.4, -0.2) is 61.7 Å². The van der Waals surface area contributed by atoms with Crippen LogP contribution in [-0.2, 0) is 0 Å². The maximum Gasteiger partial charge on any atom is 0.0351 e. The first-order valence-electron chi connectivity index (χ1n) is 5.66. The molecule has 0 bridgehead atoms. The van der Waals surface area contributed by atoms with E-state index >= 15 is 0 Å². The zero-order chi connectivity index (χ0) is 10.7. The van der Waals surface area contributed by atoms with Gasteiger partial charge in [-0.1, -0.05) is 0 Å². The fourth-order valence-electron chi connectivity index (χ4n) is 2.26. The monoisotopic (exact) mass is 199 g/mol. The predicted molar refractivity (Wildman–Crippen MR) is 61.6 cm³/mol. The molecular formula is C11H25N3. The summed E-state index contributed by atoms with van der Waals surface area (Å²) in [7, 11) is 4.27. The van der Waals surface area contributed by atoms with Gasteiger partial charge in [0.25, 0.3) is 0 Å². The number of hydrogen-bond acceptors (Lipinski definition) is 3. The first-order valence-corrected chi connectivity index (χ1v) is 5.66. The maximum atomic E-state index is 3.29. The molecule has 1 saturated heterocycles. The van der Waals surface area contributed by atoms with Crippen molar-refractivity contribution in [1.82, 2.24) is 15.1 Å². The smallest absolute Gasteiger partial charge is 0.0351 e. The summed E-state index contributed by atoms with van der Waals surface area (Å²) >= 11 is 0. The molecule has 0 saturated carbocycles. The van der Waals surface area contributed by atoms with E-state index in [-0.39, 0.29) is 0 Å². The minimum atomic E-state index is 0.657. The van der Waals surface area contributed by atoms with Crippen molar-refractivity contribution in [2.75, 3.05) is 33.7 Å². The average molecular weight is 199 g/mol. The molecule has 2 atom stereocenters. The van der Waals surface area contributed by atoms with E-state index in [0.717, 1.165) is 6.54 Å². The highest BCUT2D eigenvalue weighted by Gasteiger charge is 2.30. The topological polar surface area (TPSA) is 18.5 Å². The van der Waals surface area contributed by atoms with Crippen LogP contribution >= 0.6 is 0 Å². The zero-order valence-corrected chi connectivity index (χ0v) is 10.2. The van der Waals surface area contributed by atoms with E-state index in [1.807, 2.05) is 7.05 Å². The second-order valence-corrected chi connectivity index (χ2v) is 4.79. The summed E-state index contributed by atoms with van der Waals surface area (Å²) < 4.78 is 0. The maximum absolute atomic E-state index is 3.29. The van der Waals surface area contributed by atoms with E-state index in [1.54, 1.807) is 0 Å². The molecule has 14 heavy (non-hydrogen) atoms. The highest BCUT2D eigenvalue weighted by atomic mass is 15.3. The van der Waals surface area contributed by atoms with Crippen molar-refractivity contribution in [2.24, 2.45) is 0 Å². The predicted octanol–water partition coefficient (Wildman–Crippen LogP) is 0.619. The number of hydrogen-bond donors (Lipinski definition) is 1. The van der Waals surface area contributed by atoms with Crippen molar-refractivity contribution in [3.8, 4) is 0 Å². The van der Waals surface area contributed by atoms with Gasteiger partial charge in [0, 0.05) is 37.8 Å². The third-order valence-corrected chi connectivity index (χ3v) is 3.30. The lowest BCUT2D eigenvalue weighted by Gasteiger charge is -2.45. The van der Waals surface area contributed by atoms with Crippen LogP contribution in [0.1, 0.15) is 20.8 Å². The summed E-state index contributed by atoms with van der Waals surface area (Å²) in [5.74, 6) is 0. The van der Waals surface area contributed by atoms with E-state index in [1.165, 1.54) is 13.1 Å². The summed E-state index contributed by atoms with van der Waals surface area (Å²) in [6.07, 6.45) is 0. The standard InChI is InChI=1S/C11H25N3/c1-9(2)14-7-10(3)13(5)8-11(14)6-12-4/h9-12H,6-8H2,1-5H3. The number of nitrogens with one attached hydrogen (secondary N) is 1. The van der Waals surface area contributed by atoms with Crippen molar-refractivity contribution in [1.29, 1.82) is 0 Å². The molecule has 84 valence electrons. The molecule has 1 aliphatic heterocycles. The van der Waals surface area contributed by atoms with Crippen LogP contribution in [0.15, 0.2) is 0 Å². The van der Waals surface area contributed by atoms with E-state index in [2.05, 4.69) is 42.9 Å². The lowest BCUT2D eigenvalue weighted by molar-refractivity contribution is 0.0313. The number of nitrogens with zero attached hydrogens (tertiary/aromatic N) is 2. The van der Waals surface area contributed by atoms with Crippen molar-refractivity contribution < 1.29 is 0 Å². The van der Waals surface area contributed by atoms with Crippen molar-refractivity contribution >= 4 is 0 Å². The highest BCUT2D eigenvalue weighted by molar-refractivity contribution is 4.87. The normalized spacial score (nSPS) is 31.3. The third-order valence-electron chi connectivity index (χ3n) is 3.30. The van der Waals surface area contributed by atoms with Crippen LogP contribution in [0.5, 0.6) is 0 Å². The van der Waals surface area contributed by atoms with Gasteiger partial charge in [-0.25, -0.2) is 0 Å². The fraction of sp³-hybridized carbons (Fsp3) is 1.00.